The number of oxazole rings is 1. The molecule has 248 valence electrons. The minimum atomic E-state index is 0.570. The summed E-state index contributed by atoms with van der Waals surface area (Å²) >= 11 is 0. The van der Waals surface area contributed by atoms with Crippen molar-refractivity contribution >= 4 is 54.7 Å². The average molecular weight is 680 g/mol. The molecule has 0 bridgehead atoms. The summed E-state index contributed by atoms with van der Waals surface area (Å²) in [5.74, 6) is 1.15. The van der Waals surface area contributed by atoms with Gasteiger partial charge >= 0.3 is 0 Å². The van der Waals surface area contributed by atoms with Gasteiger partial charge in [0.05, 0.1) is 44.5 Å². The van der Waals surface area contributed by atoms with E-state index in [4.69, 9.17) is 19.4 Å². The third-order valence-electron chi connectivity index (χ3n) is 10.2. The SMILES string of the molecule is c1ccc(-c2cc(-c3ccccc3)nc(-n3c4ccc5nc(-c6ccccc6)oc5c4c4cccc(-n5c6ccccc6c6ccccc65)c43)n2)cc1. The number of para-hydroxylation sites is 3. The van der Waals surface area contributed by atoms with Crippen molar-refractivity contribution in [2.75, 3.05) is 0 Å². The van der Waals surface area contributed by atoms with E-state index in [0.717, 1.165) is 77.7 Å². The first-order valence-corrected chi connectivity index (χ1v) is 17.7. The molecule has 0 amide bonds. The van der Waals surface area contributed by atoms with Crippen molar-refractivity contribution in [1.29, 1.82) is 0 Å². The maximum Gasteiger partial charge on any atom is 0.235 e. The molecule has 4 aromatic heterocycles. The van der Waals surface area contributed by atoms with Crippen molar-refractivity contribution in [2.45, 2.75) is 0 Å². The summed E-state index contributed by atoms with van der Waals surface area (Å²) in [4.78, 5) is 15.7. The molecule has 7 aromatic carbocycles. The van der Waals surface area contributed by atoms with E-state index in [2.05, 4.69) is 112 Å². The van der Waals surface area contributed by atoms with Gasteiger partial charge in [0.15, 0.2) is 5.58 Å². The highest BCUT2D eigenvalue weighted by molar-refractivity contribution is 6.21. The molecule has 6 nitrogen and oxygen atoms in total. The summed E-state index contributed by atoms with van der Waals surface area (Å²) in [6, 6.07) is 60.7. The molecule has 0 aliphatic rings. The van der Waals surface area contributed by atoms with Gasteiger partial charge in [-0.05, 0) is 48.5 Å². The van der Waals surface area contributed by atoms with Crippen molar-refractivity contribution in [2.24, 2.45) is 0 Å². The van der Waals surface area contributed by atoms with Gasteiger partial charge in [0.2, 0.25) is 11.8 Å². The summed E-state index contributed by atoms with van der Waals surface area (Å²) < 4.78 is 11.3. The Morgan fingerprint density at radius 3 is 1.58 bits per heavy atom. The molecule has 0 aliphatic carbocycles. The molecule has 6 heteroatoms. The van der Waals surface area contributed by atoms with Gasteiger partial charge in [0.25, 0.3) is 0 Å². The molecular weight excluding hydrogens is 651 g/mol. The first-order valence-electron chi connectivity index (χ1n) is 17.7. The van der Waals surface area contributed by atoms with Crippen LogP contribution in [0.1, 0.15) is 0 Å². The van der Waals surface area contributed by atoms with Crippen LogP contribution >= 0.6 is 0 Å². The van der Waals surface area contributed by atoms with Gasteiger partial charge in [-0.3, -0.25) is 4.57 Å². The molecule has 0 saturated heterocycles. The van der Waals surface area contributed by atoms with Gasteiger partial charge in [-0.2, -0.15) is 0 Å². The second kappa shape index (κ2) is 11.6. The van der Waals surface area contributed by atoms with E-state index in [-0.39, 0.29) is 0 Å². The van der Waals surface area contributed by atoms with Crippen molar-refractivity contribution in [3.63, 3.8) is 0 Å². The van der Waals surface area contributed by atoms with Crippen LogP contribution in [-0.4, -0.2) is 24.1 Å². The van der Waals surface area contributed by atoms with Crippen LogP contribution in [-0.2, 0) is 0 Å². The van der Waals surface area contributed by atoms with Crippen LogP contribution in [0.2, 0.25) is 0 Å². The standard InChI is InChI=1S/C47H29N5O/c1-4-15-30(16-5-1)37-29-38(31-17-6-2-7-18-31)50-47(49-37)52-41-28-27-36-45(53-46(48-36)32-19-8-3-9-20-32)43(41)35-23-14-26-42(44(35)52)51-39-24-12-10-21-33(39)34-22-11-13-25-40(34)51/h1-29H. The monoisotopic (exact) mass is 679 g/mol. The second-order valence-corrected chi connectivity index (χ2v) is 13.2. The van der Waals surface area contributed by atoms with E-state index in [1.807, 2.05) is 72.8 Å². The zero-order valence-electron chi connectivity index (χ0n) is 28.4. The second-order valence-electron chi connectivity index (χ2n) is 13.2. The highest BCUT2D eigenvalue weighted by Gasteiger charge is 2.25. The van der Waals surface area contributed by atoms with Gasteiger partial charge in [-0.15, -0.1) is 0 Å². The average Bonchev–Trinajstić information content (AvgIpc) is 3.92. The van der Waals surface area contributed by atoms with Crippen LogP contribution in [0.4, 0.5) is 0 Å². The van der Waals surface area contributed by atoms with E-state index in [9.17, 15) is 0 Å². The number of nitrogens with zero attached hydrogens (tertiary/aromatic N) is 5. The van der Waals surface area contributed by atoms with Crippen LogP contribution < -0.4 is 0 Å². The Labute approximate surface area is 303 Å². The summed E-state index contributed by atoms with van der Waals surface area (Å²) in [7, 11) is 0. The molecule has 0 spiro atoms. The third kappa shape index (κ3) is 4.56. The van der Waals surface area contributed by atoms with Gasteiger partial charge < -0.3 is 8.98 Å². The van der Waals surface area contributed by atoms with E-state index in [0.29, 0.717) is 11.8 Å². The lowest BCUT2D eigenvalue weighted by Gasteiger charge is -2.15. The Bertz CT molecular complexity index is 3050. The zero-order chi connectivity index (χ0) is 34.9. The summed E-state index contributed by atoms with van der Waals surface area (Å²) in [5.41, 5.74) is 11.3. The number of hydrogen-bond donors (Lipinski definition) is 0. The molecule has 0 N–H and O–H groups in total. The van der Waals surface area contributed by atoms with E-state index in [1.165, 1.54) is 10.8 Å². The summed E-state index contributed by atoms with van der Waals surface area (Å²) in [6.07, 6.45) is 0. The quantitative estimate of drug-likeness (QED) is 0.182. The number of aromatic nitrogens is 5. The van der Waals surface area contributed by atoms with Crippen molar-refractivity contribution in [3.05, 3.63) is 176 Å². The predicted octanol–water partition coefficient (Wildman–Crippen LogP) is 11.8. The van der Waals surface area contributed by atoms with E-state index < -0.39 is 0 Å². The molecule has 0 unspecified atom stereocenters. The highest BCUT2D eigenvalue weighted by atomic mass is 16.3. The summed E-state index contributed by atoms with van der Waals surface area (Å²) in [6.45, 7) is 0. The largest absolute Gasteiger partial charge is 0.435 e. The normalized spacial score (nSPS) is 11.8. The zero-order valence-corrected chi connectivity index (χ0v) is 28.4. The fourth-order valence-electron chi connectivity index (χ4n) is 7.84. The Balaban J connectivity index is 1.31. The molecule has 11 aromatic rings. The smallest absolute Gasteiger partial charge is 0.235 e. The minimum absolute atomic E-state index is 0.570. The minimum Gasteiger partial charge on any atom is -0.435 e. The van der Waals surface area contributed by atoms with E-state index in [1.54, 1.807) is 0 Å². The number of benzene rings is 7. The van der Waals surface area contributed by atoms with Gasteiger partial charge in [0.1, 0.15) is 5.52 Å². The van der Waals surface area contributed by atoms with Crippen molar-refractivity contribution in [3.8, 4) is 45.6 Å². The molecule has 0 atom stereocenters. The Morgan fingerprint density at radius 1 is 0.415 bits per heavy atom. The third-order valence-corrected chi connectivity index (χ3v) is 10.2. The lowest BCUT2D eigenvalue weighted by molar-refractivity contribution is 0.623. The number of fused-ring (bicyclic) bond motifs is 8. The molecule has 53 heavy (non-hydrogen) atoms. The van der Waals surface area contributed by atoms with E-state index >= 15 is 0 Å². The first-order chi connectivity index (χ1) is 26.3. The maximum atomic E-state index is 6.71. The number of hydrogen-bond acceptors (Lipinski definition) is 4. The van der Waals surface area contributed by atoms with Gasteiger partial charge in [0, 0.05) is 32.8 Å². The Kier molecular flexibility index (Phi) is 6.45. The molecule has 11 rings (SSSR count). The number of rotatable bonds is 5. The lowest BCUT2D eigenvalue weighted by atomic mass is 10.1. The van der Waals surface area contributed by atoms with Gasteiger partial charge in [-0.1, -0.05) is 127 Å². The Morgan fingerprint density at radius 2 is 0.962 bits per heavy atom. The van der Waals surface area contributed by atoms with Crippen LogP contribution in [0.5, 0.6) is 0 Å². The van der Waals surface area contributed by atoms with Crippen LogP contribution in [0, 0.1) is 0 Å². The fraction of sp³-hybridized carbons (Fsp3) is 0. The lowest BCUT2D eigenvalue weighted by Crippen LogP contribution is -2.06. The summed E-state index contributed by atoms with van der Waals surface area (Å²) in [5, 5.41) is 4.38. The van der Waals surface area contributed by atoms with Crippen molar-refractivity contribution in [1.82, 2.24) is 24.1 Å². The molecular formula is C47H29N5O. The molecule has 0 aliphatic heterocycles. The van der Waals surface area contributed by atoms with Crippen LogP contribution in [0.3, 0.4) is 0 Å². The highest BCUT2D eigenvalue weighted by Crippen LogP contribution is 2.42. The van der Waals surface area contributed by atoms with Gasteiger partial charge in [-0.25, -0.2) is 15.0 Å². The molecule has 0 radical (unpaired) electrons. The molecule has 4 heterocycles. The molecule has 0 saturated carbocycles. The van der Waals surface area contributed by atoms with Crippen LogP contribution in [0.25, 0.3) is 100 Å². The fourth-order valence-corrected chi connectivity index (χ4v) is 7.84. The topological polar surface area (TPSA) is 61.7 Å². The first kappa shape index (κ1) is 29.4. The maximum absolute atomic E-state index is 6.71. The van der Waals surface area contributed by atoms with Crippen LogP contribution in [0.15, 0.2) is 180 Å². The molecule has 0 fully saturated rings. The predicted molar refractivity (Wildman–Crippen MR) is 215 cm³/mol. The van der Waals surface area contributed by atoms with Crippen molar-refractivity contribution < 1.29 is 4.42 Å². The Hall–Kier alpha value is -7.31.